The van der Waals surface area contributed by atoms with Gasteiger partial charge in [0.1, 0.15) is 11.6 Å². The molecule has 3 rings (SSSR count). The first-order chi connectivity index (χ1) is 12.4. The van der Waals surface area contributed by atoms with Gasteiger partial charge in [0.25, 0.3) is 10.0 Å². The molecule has 1 N–H and O–H groups in total. The van der Waals surface area contributed by atoms with Crippen LogP contribution in [0.5, 0.6) is 5.75 Å². The van der Waals surface area contributed by atoms with E-state index in [1.807, 2.05) is 6.92 Å². The number of amides is 2. The van der Waals surface area contributed by atoms with Crippen LogP contribution in [0.25, 0.3) is 0 Å². The smallest absolute Gasteiger partial charge is 0.327 e. The molecule has 0 aromatic heterocycles. The lowest BCUT2D eigenvalue weighted by Crippen LogP contribution is -2.50. The van der Waals surface area contributed by atoms with E-state index in [9.17, 15) is 13.2 Å². The average molecular weight is 373 g/mol. The largest absolute Gasteiger partial charge is 0.497 e. The van der Waals surface area contributed by atoms with Gasteiger partial charge in [-0.25, -0.2) is 9.69 Å². The molecule has 0 unspecified atom stereocenters. The maximum atomic E-state index is 12.6. The summed E-state index contributed by atoms with van der Waals surface area (Å²) < 4.78 is 34.3. The van der Waals surface area contributed by atoms with E-state index in [4.69, 9.17) is 4.74 Å². The molecule has 2 aromatic rings. The third-order valence-corrected chi connectivity index (χ3v) is 5.28. The van der Waals surface area contributed by atoms with Gasteiger partial charge in [-0.2, -0.15) is 8.42 Å². The molecule has 1 aliphatic rings. The van der Waals surface area contributed by atoms with Crippen molar-refractivity contribution < 1.29 is 17.9 Å². The third kappa shape index (κ3) is 3.70. The SMILES string of the molecule is COc1ccc(N2C(=O)NCCC2=NS(=O)(=O)c2ccc(C)cc2)cc1. The highest BCUT2D eigenvalue weighted by Gasteiger charge is 2.28. The van der Waals surface area contributed by atoms with Crippen molar-refractivity contribution in [1.82, 2.24) is 5.32 Å². The fraction of sp³-hybridized carbons (Fsp3) is 0.222. The average Bonchev–Trinajstić information content (AvgIpc) is 2.62. The minimum Gasteiger partial charge on any atom is -0.497 e. The Morgan fingerprint density at radius 1 is 1.08 bits per heavy atom. The van der Waals surface area contributed by atoms with Gasteiger partial charge >= 0.3 is 6.03 Å². The van der Waals surface area contributed by atoms with E-state index >= 15 is 0 Å². The zero-order valence-corrected chi connectivity index (χ0v) is 15.3. The number of aryl methyl sites for hydroxylation is 1. The molecule has 0 spiro atoms. The summed E-state index contributed by atoms with van der Waals surface area (Å²) in [6.07, 6.45) is 0.308. The number of hydrogen-bond donors (Lipinski definition) is 1. The number of nitrogens with one attached hydrogen (secondary N) is 1. The Bertz CT molecular complexity index is 935. The van der Waals surface area contributed by atoms with Crippen LogP contribution in [0.15, 0.2) is 57.8 Å². The Balaban J connectivity index is 2.00. The van der Waals surface area contributed by atoms with E-state index in [2.05, 4.69) is 9.71 Å². The summed E-state index contributed by atoms with van der Waals surface area (Å²) in [5, 5.41) is 2.70. The minimum atomic E-state index is -3.91. The van der Waals surface area contributed by atoms with E-state index in [-0.39, 0.29) is 10.7 Å². The Labute approximate surface area is 152 Å². The number of carbonyl (C=O) groups excluding carboxylic acids is 1. The molecular weight excluding hydrogens is 354 g/mol. The number of rotatable bonds is 4. The number of methoxy groups -OCH3 is 1. The topological polar surface area (TPSA) is 88.1 Å². The Morgan fingerprint density at radius 3 is 2.35 bits per heavy atom. The molecular formula is C18H19N3O4S. The number of hydrogen-bond acceptors (Lipinski definition) is 4. The van der Waals surface area contributed by atoms with Gasteiger partial charge in [0.2, 0.25) is 0 Å². The molecule has 26 heavy (non-hydrogen) atoms. The lowest BCUT2D eigenvalue weighted by atomic mass is 10.2. The molecule has 0 bridgehead atoms. The second-order valence-electron chi connectivity index (χ2n) is 5.81. The maximum Gasteiger partial charge on any atom is 0.327 e. The second kappa shape index (κ2) is 7.17. The summed E-state index contributed by atoms with van der Waals surface area (Å²) in [5.74, 6) is 0.816. The number of ether oxygens (including phenoxy) is 1. The summed E-state index contributed by atoms with van der Waals surface area (Å²) in [6.45, 7) is 2.20. The van der Waals surface area contributed by atoms with Gasteiger partial charge in [-0.1, -0.05) is 17.7 Å². The van der Waals surface area contributed by atoms with Crippen molar-refractivity contribution in [3.8, 4) is 5.75 Å². The van der Waals surface area contributed by atoms with Crippen LogP contribution >= 0.6 is 0 Å². The van der Waals surface area contributed by atoms with Crippen molar-refractivity contribution in [2.24, 2.45) is 4.40 Å². The number of carbonyl (C=O) groups is 1. The van der Waals surface area contributed by atoms with E-state index in [0.717, 1.165) is 5.56 Å². The van der Waals surface area contributed by atoms with Gasteiger partial charge in [0, 0.05) is 13.0 Å². The third-order valence-electron chi connectivity index (χ3n) is 3.96. The van der Waals surface area contributed by atoms with E-state index in [1.165, 1.54) is 17.0 Å². The summed E-state index contributed by atoms with van der Waals surface area (Å²) >= 11 is 0. The molecule has 0 radical (unpaired) electrons. The quantitative estimate of drug-likeness (QED) is 0.892. The van der Waals surface area contributed by atoms with Crippen molar-refractivity contribution >= 4 is 27.6 Å². The number of sulfonamides is 1. The maximum absolute atomic E-state index is 12.6. The Morgan fingerprint density at radius 2 is 1.73 bits per heavy atom. The first-order valence-corrected chi connectivity index (χ1v) is 9.47. The van der Waals surface area contributed by atoms with Gasteiger partial charge < -0.3 is 10.1 Å². The Hall–Kier alpha value is -2.87. The predicted octanol–water partition coefficient (Wildman–Crippen LogP) is 2.71. The Kier molecular flexibility index (Phi) is 4.94. The van der Waals surface area contributed by atoms with Crippen LogP contribution in [-0.4, -0.2) is 33.9 Å². The summed E-state index contributed by atoms with van der Waals surface area (Å²) in [6, 6.07) is 12.8. The van der Waals surface area contributed by atoms with Gasteiger partial charge in [0.15, 0.2) is 0 Å². The number of anilines is 1. The molecule has 1 aliphatic heterocycles. The standard InChI is InChI=1S/C18H19N3O4S/c1-13-3-9-16(10-4-13)26(23,24)20-17-11-12-19-18(22)21(17)14-5-7-15(25-2)8-6-14/h3-10H,11-12H2,1-2H3,(H,19,22). The monoisotopic (exact) mass is 373 g/mol. The van der Waals surface area contributed by atoms with Gasteiger partial charge in [-0.3, -0.25) is 0 Å². The second-order valence-corrected chi connectivity index (χ2v) is 7.42. The van der Waals surface area contributed by atoms with Crippen LogP contribution < -0.4 is 15.0 Å². The number of nitrogens with zero attached hydrogens (tertiary/aromatic N) is 2. The number of urea groups is 1. The molecule has 136 valence electrons. The molecule has 1 saturated heterocycles. The van der Waals surface area contributed by atoms with Gasteiger partial charge in [0.05, 0.1) is 17.7 Å². The van der Waals surface area contributed by atoms with Crippen molar-refractivity contribution in [2.75, 3.05) is 18.6 Å². The van der Waals surface area contributed by atoms with Crippen LogP contribution in [0.2, 0.25) is 0 Å². The summed E-state index contributed by atoms with van der Waals surface area (Å²) in [7, 11) is -2.37. The van der Waals surface area contributed by atoms with Crippen LogP contribution in [0.4, 0.5) is 10.5 Å². The fourth-order valence-electron chi connectivity index (χ4n) is 2.58. The van der Waals surface area contributed by atoms with E-state index in [1.54, 1.807) is 43.5 Å². The van der Waals surface area contributed by atoms with Crippen molar-refractivity contribution in [3.63, 3.8) is 0 Å². The first kappa shape index (κ1) is 17.9. The van der Waals surface area contributed by atoms with Crippen molar-refractivity contribution in [3.05, 3.63) is 54.1 Å². The van der Waals surface area contributed by atoms with Crippen LogP contribution in [-0.2, 0) is 10.0 Å². The number of amidine groups is 1. The van der Waals surface area contributed by atoms with Crippen molar-refractivity contribution in [2.45, 2.75) is 18.2 Å². The van der Waals surface area contributed by atoms with Crippen molar-refractivity contribution in [1.29, 1.82) is 0 Å². The van der Waals surface area contributed by atoms with Crippen LogP contribution in [0.1, 0.15) is 12.0 Å². The molecule has 2 amide bonds. The van der Waals surface area contributed by atoms with E-state index in [0.29, 0.717) is 24.4 Å². The summed E-state index contributed by atoms with van der Waals surface area (Å²) in [5.41, 5.74) is 1.47. The van der Waals surface area contributed by atoms with Gasteiger partial charge in [-0.15, -0.1) is 4.40 Å². The highest BCUT2D eigenvalue weighted by atomic mass is 32.2. The normalized spacial score (nSPS) is 16.5. The lowest BCUT2D eigenvalue weighted by molar-refractivity contribution is 0.248. The highest BCUT2D eigenvalue weighted by Crippen LogP contribution is 2.23. The number of benzene rings is 2. The minimum absolute atomic E-state index is 0.0938. The van der Waals surface area contributed by atoms with Crippen LogP contribution in [0, 0.1) is 6.92 Å². The molecule has 1 fully saturated rings. The molecule has 8 heteroatoms. The molecule has 0 saturated carbocycles. The zero-order valence-electron chi connectivity index (χ0n) is 14.5. The summed E-state index contributed by atoms with van der Waals surface area (Å²) in [4.78, 5) is 13.7. The predicted molar refractivity (Wildman–Crippen MR) is 99.3 cm³/mol. The zero-order chi connectivity index (χ0) is 18.7. The molecule has 2 aromatic carbocycles. The van der Waals surface area contributed by atoms with Crippen LogP contribution in [0.3, 0.4) is 0 Å². The molecule has 0 aliphatic carbocycles. The van der Waals surface area contributed by atoms with E-state index < -0.39 is 16.1 Å². The molecule has 7 nitrogen and oxygen atoms in total. The van der Waals surface area contributed by atoms with Gasteiger partial charge in [-0.05, 0) is 43.3 Å². The highest BCUT2D eigenvalue weighted by molar-refractivity contribution is 7.90. The lowest BCUT2D eigenvalue weighted by Gasteiger charge is -2.28. The molecule has 0 atom stereocenters. The molecule has 1 heterocycles. The first-order valence-electron chi connectivity index (χ1n) is 8.03. The fourth-order valence-corrected chi connectivity index (χ4v) is 3.61.